The molecule has 4 unspecified atom stereocenters. The third-order valence-corrected chi connectivity index (χ3v) is 10.2. The summed E-state index contributed by atoms with van der Waals surface area (Å²) >= 11 is 0. The standard InChI is InChI=1S/C39H60O4/c1-9-27(35-25-42-35)17-15-19-40-37-29(11-3)21-33(22-30(37)12-4)39(7,8)34-23-31(13-5)38(32(14-6)24-34)41-20-16-18-28(10-2)36-26-43-36/h21-24,27-28,35-36H,9-20,25-26H2,1-8H3. The summed E-state index contributed by atoms with van der Waals surface area (Å²) in [5, 5.41) is 0. The second kappa shape index (κ2) is 15.8. The van der Waals surface area contributed by atoms with Crippen molar-refractivity contribution in [2.45, 2.75) is 137 Å². The first kappa shape index (κ1) is 33.8. The van der Waals surface area contributed by atoms with Crippen molar-refractivity contribution < 1.29 is 18.9 Å². The van der Waals surface area contributed by atoms with Crippen molar-refractivity contribution in [3.63, 3.8) is 0 Å². The zero-order valence-corrected chi connectivity index (χ0v) is 28.7. The summed E-state index contributed by atoms with van der Waals surface area (Å²) in [5.74, 6) is 3.59. The van der Waals surface area contributed by atoms with Crippen molar-refractivity contribution >= 4 is 0 Å². The van der Waals surface area contributed by atoms with Gasteiger partial charge in [-0.05, 0) is 96.6 Å². The Morgan fingerprint density at radius 1 is 0.628 bits per heavy atom. The van der Waals surface area contributed by atoms with Crippen LogP contribution in [0.25, 0.3) is 0 Å². The molecule has 0 bridgehead atoms. The maximum Gasteiger partial charge on any atom is 0.125 e. The molecule has 4 nitrogen and oxygen atoms in total. The summed E-state index contributed by atoms with van der Waals surface area (Å²) in [5.41, 5.74) is 7.92. The summed E-state index contributed by atoms with van der Waals surface area (Å²) in [6.07, 6.45) is 11.8. The monoisotopic (exact) mass is 592 g/mol. The molecule has 0 aromatic heterocycles. The van der Waals surface area contributed by atoms with Crippen LogP contribution in [-0.2, 0) is 40.6 Å². The maximum atomic E-state index is 6.53. The SMILES string of the molecule is CCc1cc(C(C)(C)c2cc(CC)c(OCCCC(CC)C3CO3)c(CC)c2)cc(CC)c1OCCCC(CC)C1CO1. The molecule has 2 aliphatic heterocycles. The van der Waals surface area contributed by atoms with E-state index < -0.39 is 0 Å². The quantitative estimate of drug-likeness (QED) is 0.113. The zero-order chi connectivity index (χ0) is 31.0. The molecule has 2 heterocycles. The zero-order valence-electron chi connectivity index (χ0n) is 28.7. The van der Waals surface area contributed by atoms with Gasteiger partial charge >= 0.3 is 0 Å². The van der Waals surface area contributed by atoms with Gasteiger partial charge in [0.05, 0.1) is 38.6 Å². The lowest BCUT2D eigenvalue weighted by Gasteiger charge is -2.30. The Hall–Kier alpha value is -2.04. The first-order chi connectivity index (χ1) is 20.8. The molecule has 43 heavy (non-hydrogen) atoms. The number of rotatable bonds is 20. The number of aryl methyl sites for hydroxylation is 4. The molecular formula is C39H60O4. The van der Waals surface area contributed by atoms with Gasteiger partial charge in [0.25, 0.3) is 0 Å². The minimum atomic E-state index is -0.129. The summed E-state index contributed by atoms with van der Waals surface area (Å²) in [6.45, 7) is 21.8. The molecular weight excluding hydrogens is 532 g/mol. The molecule has 2 saturated heterocycles. The molecule has 0 radical (unpaired) electrons. The summed E-state index contributed by atoms with van der Waals surface area (Å²) < 4.78 is 24.2. The molecule has 2 fully saturated rings. The number of hydrogen-bond donors (Lipinski definition) is 0. The number of benzene rings is 2. The molecule has 0 spiro atoms. The van der Waals surface area contributed by atoms with Crippen LogP contribution in [0.15, 0.2) is 24.3 Å². The lowest BCUT2D eigenvalue weighted by atomic mass is 9.75. The molecule has 0 amide bonds. The van der Waals surface area contributed by atoms with E-state index in [9.17, 15) is 0 Å². The van der Waals surface area contributed by atoms with E-state index >= 15 is 0 Å². The Morgan fingerprint density at radius 3 is 1.21 bits per heavy atom. The number of hydrogen-bond acceptors (Lipinski definition) is 4. The molecule has 2 aromatic carbocycles. The fourth-order valence-electron chi connectivity index (χ4n) is 6.82. The van der Waals surface area contributed by atoms with Crippen LogP contribution in [0.5, 0.6) is 11.5 Å². The van der Waals surface area contributed by atoms with Gasteiger partial charge in [0.1, 0.15) is 11.5 Å². The highest BCUT2D eigenvalue weighted by molar-refractivity contribution is 5.53. The second-order valence-electron chi connectivity index (χ2n) is 13.3. The van der Waals surface area contributed by atoms with Gasteiger partial charge in [-0.2, -0.15) is 0 Å². The Bertz CT molecular complexity index is 1020. The first-order valence-electron chi connectivity index (χ1n) is 17.6. The Kier molecular flexibility index (Phi) is 12.4. The molecule has 0 aliphatic carbocycles. The van der Waals surface area contributed by atoms with Crippen LogP contribution in [0.1, 0.15) is 127 Å². The van der Waals surface area contributed by atoms with Crippen LogP contribution in [0.3, 0.4) is 0 Å². The highest BCUT2D eigenvalue weighted by Gasteiger charge is 2.32. The van der Waals surface area contributed by atoms with Crippen LogP contribution >= 0.6 is 0 Å². The Balaban J connectivity index is 1.50. The van der Waals surface area contributed by atoms with Gasteiger partial charge in [-0.25, -0.2) is 0 Å². The number of epoxide rings is 2. The highest BCUT2D eigenvalue weighted by atomic mass is 16.6. The average Bonchev–Trinajstić information content (AvgIpc) is 3.95. The van der Waals surface area contributed by atoms with Crippen molar-refractivity contribution in [3.05, 3.63) is 57.6 Å². The largest absolute Gasteiger partial charge is 0.493 e. The molecule has 0 N–H and O–H groups in total. The van der Waals surface area contributed by atoms with Gasteiger partial charge in [0, 0.05) is 5.41 Å². The van der Waals surface area contributed by atoms with E-state index in [-0.39, 0.29) is 5.41 Å². The van der Waals surface area contributed by atoms with E-state index in [0.717, 1.165) is 76.5 Å². The van der Waals surface area contributed by atoms with E-state index in [1.54, 1.807) is 0 Å². The predicted molar refractivity (Wildman–Crippen MR) is 179 cm³/mol. The minimum Gasteiger partial charge on any atom is -0.493 e. The van der Waals surface area contributed by atoms with E-state index in [1.165, 1.54) is 59.1 Å². The molecule has 4 atom stereocenters. The van der Waals surface area contributed by atoms with Crippen LogP contribution in [0.2, 0.25) is 0 Å². The van der Waals surface area contributed by atoms with E-state index in [4.69, 9.17) is 18.9 Å². The molecule has 4 heteroatoms. The Labute approximate surface area is 263 Å². The van der Waals surface area contributed by atoms with Crippen LogP contribution < -0.4 is 9.47 Å². The first-order valence-corrected chi connectivity index (χ1v) is 17.6. The van der Waals surface area contributed by atoms with E-state index in [2.05, 4.69) is 79.7 Å². The summed E-state index contributed by atoms with van der Waals surface area (Å²) in [4.78, 5) is 0. The fourth-order valence-corrected chi connectivity index (χ4v) is 6.82. The second-order valence-corrected chi connectivity index (χ2v) is 13.3. The van der Waals surface area contributed by atoms with Crippen molar-refractivity contribution in [1.82, 2.24) is 0 Å². The van der Waals surface area contributed by atoms with Crippen molar-refractivity contribution in [3.8, 4) is 11.5 Å². The van der Waals surface area contributed by atoms with Crippen LogP contribution in [0, 0.1) is 11.8 Å². The summed E-state index contributed by atoms with van der Waals surface area (Å²) in [6, 6.07) is 9.65. The van der Waals surface area contributed by atoms with Gasteiger partial charge in [-0.15, -0.1) is 0 Å². The minimum absolute atomic E-state index is 0.129. The van der Waals surface area contributed by atoms with Crippen molar-refractivity contribution in [2.24, 2.45) is 11.8 Å². The Morgan fingerprint density at radius 2 is 0.953 bits per heavy atom. The smallest absolute Gasteiger partial charge is 0.125 e. The van der Waals surface area contributed by atoms with Crippen molar-refractivity contribution in [2.75, 3.05) is 26.4 Å². The van der Waals surface area contributed by atoms with Gasteiger partial charge < -0.3 is 18.9 Å². The van der Waals surface area contributed by atoms with Crippen LogP contribution in [0.4, 0.5) is 0 Å². The molecule has 0 saturated carbocycles. The normalized spacial score (nSPS) is 19.3. The predicted octanol–water partition coefficient (Wildman–Crippen LogP) is 9.43. The molecule has 4 rings (SSSR count). The molecule has 2 aliphatic rings. The highest BCUT2D eigenvalue weighted by Crippen LogP contribution is 2.40. The topological polar surface area (TPSA) is 43.5 Å². The van der Waals surface area contributed by atoms with Crippen molar-refractivity contribution in [1.29, 1.82) is 0 Å². The lowest BCUT2D eigenvalue weighted by molar-refractivity contribution is 0.261. The fraction of sp³-hybridized carbons (Fsp3) is 0.692. The van der Waals surface area contributed by atoms with E-state index in [0.29, 0.717) is 24.0 Å². The third kappa shape index (κ3) is 8.57. The van der Waals surface area contributed by atoms with Gasteiger partial charge in [0.2, 0.25) is 0 Å². The lowest BCUT2D eigenvalue weighted by Crippen LogP contribution is -2.21. The van der Waals surface area contributed by atoms with Crippen LogP contribution in [-0.4, -0.2) is 38.6 Å². The molecule has 2 aromatic rings. The number of ether oxygens (including phenoxy) is 4. The van der Waals surface area contributed by atoms with Gasteiger partial charge in [-0.1, -0.05) is 92.5 Å². The average molecular weight is 593 g/mol. The van der Waals surface area contributed by atoms with E-state index in [1.807, 2.05) is 0 Å². The van der Waals surface area contributed by atoms with Gasteiger partial charge in [-0.3, -0.25) is 0 Å². The molecule has 240 valence electrons. The third-order valence-electron chi connectivity index (χ3n) is 10.2. The van der Waals surface area contributed by atoms with Gasteiger partial charge in [0.15, 0.2) is 0 Å². The maximum absolute atomic E-state index is 6.53. The summed E-state index contributed by atoms with van der Waals surface area (Å²) in [7, 11) is 0.